The fourth-order valence-electron chi connectivity index (χ4n) is 6.63. The van der Waals surface area contributed by atoms with Crippen LogP contribution in [0.5, 0.6) is 5.75 Å². The van der Waals surface area contributed by atoms with E-state index in [1.54, 1.807) is 18.2 Å². The van der Waals surface area contributed by atoms with Crippen molar-refractivity contribution < 1.29 is 52.3 Å². The van der Waals surface area contributed by atoms with Gasteiger partial charge in [-0.2, -0.15) is 13.2 Å². The second-order valence-electron chi connectivity index (χ2n) is 13.0. The van der Waals surface area contributed by atoms with E-state index in [1.165, 1.54) is 12.0 Å². The molecular weight excluding hydrogens is 595 g/mol. The first-order valence-corrected chi connectivity index (χ1v) is 15.0. The molecule has 9 nitrogen and oxygen atoms in total. The number of alkyl halides is 3. The van der Waals surface area contributed by atoms with E-state index in [2.05, 4.69) is 0 Å². The number of carbonyl (C=O) groups is 2. The van der Waals surface area contributed by atoms with Gasteiger partial charge in [0, 0.05) is 18.1 Å². The summed E-state index contributed by atoms with van der Waals surface area (Å²) < 4.78 is 58.4. The summed E-state index contributed by atoms with van der Waals surface area (Å²) in [5.41, 5.74) is -3.19. The standard InChI is InChI=1S/C33H42F3NO8/c1-19-10-6-7-11-21(19)26-28(45-18-32(42,17-38)22-16-20(33(34,35)36)13-14-23(22)43-5)25(31(2,3)4)27(30(40)41)37(26)29(39)24-12-8-9-15-44-24/h6-7,10-11,13-14,16,24-28,38,42H,8-9,12,15,17-18H2,1-5H3,(H,40,41)/t24-,25+,26-,27-,28-,32+/m0/s1. The number of aryl methyl sites for hydroxylation is 1. The number of hydrogen-bond donors (Lipinski definition) is 3. The highest BCUT2D eigenvalue weighted by Crippen LogP contribution is 2.51. The number of nitrogens with zero attached hydrogens (tertiary/aromatic N) is 1. The number of halogens is 3. The summed E-state index contributed by atoms with van der Waals surface area (Å²) in [6.45, 7) is 5.88. The molecular formula is C33H42F3NO8. The maximum absolute atomic E-state index is 14.2. The molecule has 4 rings (SSSR count). The van der Waals surface area contributed by atoms with Gasteiger partial charge in [0.25, 0.3) is 5.91 Å². The Kier molecular flexibility index (Phi) is 10.2. The molecule has 3 N–H and O–H groups in total. The first-order chi connectivity index (χ1) is 21.0. The normalized spacial score (nSPS) is 25.6. The van der Waals surface area contributed by atoms with E-state index in [9.17, 15) is 38.1 Å². The Morgan fingerprint density at radius 3 is 2.31 bits per heavy atom. The molecule has 1 amide bonds. The molecule has 248 valence electrons. The molecule has 0 bridgehead atoms. The number of likely N-dealkylation sites (tertiary alicyclic amines) is 1. The van der Waals surface area contributed by atoms with Crippen LogP contribution in [0.25, 0.3) is 0 Å². The maximum atomic E-state index is 14.2. The fraction of sp³-hybridized carbons (Fsp3) is 0.576. The van der Waals surface area contributed by atoms with Crippen LogP contribution in [0.1, 0.15) is 68.3 Å². The van der Waals surface area contributed by atoms with Gasteiger partial charge in [-0.25, -0.2) is 4.79 Å². The number of carboxylic acids is 1. The lowest BCUT2D eigenvalue weighted by atomic mass is 9.73. The minimum absolute atomic E-state index is 0.105. The number of rotatable bonds is 9. The van der Waals surface area contributed by atoms with E-state index in [4.69, 9.17) is 14.2 Å². The highest BCUT2D eigenvalue weighted by atomic mass is 19.4. The molecule has 2 saturated heterocycles. The molecule has 45 heavy (non-hydrogen) atoms. The number of carbonyl (C=O) groups excluding carboxylic acids is 1. The van der Waals surface area contributed by atoms with E-state index in [-0.39, 0.29) is 11.3 Å². The van der Waals surface area contributed by atoms with Gasteiger partial charge in [0.1, 0.15) is 23.5 Å². The lowest BCUT2D eigenvalue weighted by Crippen LogP contribution is -2.51. The Balaban J connectivity index is 1.86. The molecule has 6 atom stereocenters. The molecule has 2 fully saturated rings. The van der Waals surface area contributed by atoms with Crippen LogP contribution in [0, 0.1) is 18.3 Å². The second-order valence-corrected chi connectivity index (χ2v) is 13.0. The molecule has 2 aliphatic heterocycles. The zero-order valence-corrected chi connectivity index (χ0v) is 26.1. The van der Waals surface area contributed by atoms with Gasteiger partial charge in [0.2, 0.25) is 0 Å². The van der Waals surface area contributed by atoms with Crippen LogP contribution in [0.15, 0.2) is 42.5 Å². The smallest absolute Gasteiger partial charge is 0.416 e. The predicted molar refractivity (Wildman–Crippen MR) is 157 cm³/mol. The van der Waals surface area contributed by atoms with Gasteiger partial charge in [-0.1, -0.05) is 45.0 Å². The summed E-state index contributed by atoms with van der Waals surface area (Å²) in [4.78, 5) is 28.6. The first-order valence-electron chi connectivity index (χ1n) is 15.0. The Morgan fingerprint density at radius 1 is 1.09 bits per heavy atom. The third-order valence-electron chi connectivity index (χ3n) is 8.88. The molecule has 0 aliphatic carbocycles. The lowest BCUT2D eigenvalue weighted by Gasteiger charge is -2.37. The predicted octanol–water partition coefficient (Wildman–Crippen LogP) is 4.86. The van der Waals surface area contributed by atoms with E-state index >= 15 is 0 Å². The minimum atomic E-state index is -4.74. The molecule has 2 aliphatic rings. The van der Waals surface area contributed by atoms with Gasteiger partial charge in [0.05, 0.1) is 38.0 Å². The van der Waals surface area contributed by atoms with Crippen LogP contribution >= 0.6 is 0 Å². The largest absolute Gasteiger partial charge is 0.496 e. The van der Waals surface area contributed by atoms with Crippen LogP contribution in [-0.2, 0) is 30.8 Å². The number of carboxylic acid groups (broad SMARTS) is 1. The molecule has 0 aromatic heterocycles. The summed E-state index contributed by atoms with van der Waals surface area (Å²) >= 11 is 0. The van der Waals surface area contributed by atoms with Crippen molar-refractivity contribution in [2.75, 3.05) is 26.9 Å². The van der Waals surface area contributed by atoms with Crippen molar-refractivity contribution in [3.8, 4) is 5.75 Å². The monoisotopic (exact) mass is 637 g/mol. The van der Waals surface area contributed by atoms with E-state index in [0.717, 1.165) is 30.5 Å². The van der Waals surface area contributed by atoms with Gasteiger partial charge in [-0.05, 0) is 60.9 Å². The third kappa shape index (κ3) is 6.98. The van der Waals surface area contributed by atoms with Crippen molar-refractivity contribution in [1.82, 2.24) is 4.90 Å². The van der Waals surface area contributed by atoms with E-state index < -0.39 is 78.1 Å². The molecule has 0 spiro atoms. The van der Waals surface area contributed by atoms with Gasteiger partial charge < -0.3 is 34.4 Å². The molecule has 2 heterocycles. The summed E-state index contributed by atoms with van der Waals surface area (Å²) in [6, 6.07) is 7.40. The van der Waals surface area contributed by atoms with Crippen LogP contribution in [0.4, 0.5) is 13.2 Å². The Labute approximate surface area is 260 Å². The topological polar surface area (TPSA) is 126 Å². The van der Waals surface area contributed by atoms with Crippen molar-refractivity contribution in [3.05, 3.63) is 64.7 Å². The highest BCUT2D eigenvalue weighted by molar-refractivity contribution is 5.88. The highest BCUT2D eigenvalue weighted by Gasteiger charge is 2.60. The van der Waals surface area contributed by atoms with Gasteiger partial charge in [-0.3, -0.25) is 4.79 Å². The number of amides is 1. The molecule has 12 heteroatoms. The average molecular weight is 638 g/mol. The summed E-state index contributed by atoms with van der Waals surface area (Å²) in [5, 5.41) is 32.7. The second kappa shape index (κ2) is 13.3. The van der Waals surface area contributed by atoms with Gasteiger partial charge in [-0.15, -0.1) is 0 Å². The number of hydrogen-bond acceptors (Lipinski definition) is 7. The van der Waals surface area contributed by atoms with Crippen molar-refractivity contribution >= 4 is 11.9 Å². The minimum Gasteiger partial charge on any atom is -0.496 e. The maximum Gasteiger partial charge on any atom is 0.416 e. The third-order valence-corrected chi connectivity index (χ3v) is 8.88. The molecule has 2 aromatic carbocycles. The average Bonchev–Trinajstić information content (AvgIpc) is 3.35. The van der Waals surface area contributed by atoms with Crippen molar-refractivity contribution in [1.29, 1.82) is 0 Å². The van der Waals surface area contributed by atoms with Crippen LogP contribution in [0.2, 0.25) is 0 Å². The summed E-state index contributed by atoms with van der Waals surface area (Å²) in [7, 11) is 1.22. The van der Waals surface area contributed by atoms with E-state index in [0.29, 0.717) is 24.7 Å². The SMILES string of the molecule is COc1ccc(C(F)(F)F)cc1[C@@](O)(CO)CO[C@H]1[C@H](C(C)(C)C)[C@@H](C(=O)O)N(C(=O)[C@@H]2CCCCO2)[C@H]1c1ccccc1C. The lowest BCUT2D eigenvalue weighted by molar-refractivity contribution is -0.159. The van der Waals surface area contributed by atoms with E-state index in [1.807, 2.05) is 33.8 Å². The van der Waals surface area contributed by atoms with Crippen LogP contribution in [0.3, 0.4) is 0 Å². The summed E-state index contributed by atoms with van der Waals surface area (Å²) in [6.07, 6.45) is -4.71. The van der Waals surface area contributed by atoms with Gasteiger partial charge in [0.15, 0.2) is 0 Å². The van der Waals surface area contributed by atoms with Crippen LogP contribution in [-0.4, -0.2) is 77.3 Å². The van der Waals surface area contributed by atoms with Crippen molar-refractivity contribution in [2.24, 2.45) is 11.3 Å². The van der Waals surface area contributed by atoms with Crippen molar-refractivity contribution in [2.45, 2.75) is 83.0 Å². The molecule has 0 unspecified atom stereocenters. The molecule has 0 radical (unpaired) electrons. The number of benzene rings is 2. The Bertz CT molecular complexity index is 1370. The number of ether oxygens (including phenoxy) is 3. The van der Waals surface area contributed by atoms with Crippen molar-refractivity contribution in [3.63, 3.8) is 0 Å². The number of aliphatic carboxylic acids is 1. The molecule has 2 aromatic rings. The molecule has 0 saturated carbocycles. The summed E-state index contributed by atoms with van der Waals surface area (Å²) in [5.74, 6) is -2.70. The zero-order chi connectivity index (χ0) is 33.3. The number of methoxy groups -OCH3 is 1. The Hall–Kier alpha value is -3.19. The quantitative estimate of drug-likeness (QED) is 0.356. The first kappa shape index (κ1) is 34.7. The Morgan fingerprint density at radius 2 is 1.78 bits per heavy atom. The number of aliphatic hydroxyl groups is 2. The zero-order valence-electron chi connectivity index (χ0n) is 26.1. The van der Waals surface area contributed by atoms with Gasteiger partial charge >= 0.3 is 12.1 Å². The van der Waals surface area contributed by atoms with Crippen LogP contribution < -0.4 is 4.74 Å². The fourth-order valence-corrected chi connectivity index (χ4v) is 6.63. The number of aliphatic hydroxyl groups excluding tert-OH is 1.